The summed E-state index contributed by atoms with van der Waals surface area (Å²) in [6.45, 7) is 7.44. The Kier molecular flexibility index (Phi) is 6.15. The topological polar surface area (TPSA) is 69.7 Å². The zero-order valence-corrected chi connectivity index (χ0v) is 14.6. The number of rotatable bonds is 5. The second kappa shape index (κ2) is 7.90. The molecular weight excluding hydrogens is 314 g/mol. The molecule has 1 aliphatic rings. The van der Waals surface area contributed by atoms with Crippen molar-refractivity contribution < 1.29 is 13.2 Å². The van der Waals surface area contributed by atoms with Crippen molar-refractivity contribution in [3.63, 3.8) is 0 Å². The fourth-order valence-corrected chi connectivity index (χ4v) is 4.24. The van der Waals surface area contributed by atoms with Gasteiger partial charge in [0.25, 0.3) is 5.91 Å². The molecule has 23 heavy (non-hydrogen) atoms. The van der Waals surface area contributed by atoms with Gasteiger partial charge in [0.1, 0.15) is 0 Å². The minimum Gasteiger partial charge on any atom is -0.337 e. The van der Waals surface area contributed by atoms with Crippen LogP contribution < -0.4 is 5.32 Å². The molecule has 1 fully saturated rings. The Balaban J connectivity index is 2.27. The Hall–Kier alpha value is -1.44. The smallest absolute Gasteiger partial charge is 0.253 e. The van der Waals surface area contributed by atoms with Crippen LogP contribution in [0.2, 0.25) is 0 Å². The highest BCUT2D eigenvalue weighted by Gasteiger charge is 2.24. The average molecular weight is 339 g/mol. The first-order valence-electron chi connectivity index (χ1n) is 8.11. The fourth-order valence-electron chi connectivity index (χ4n) is 2.73. The van der Waals surface area contributed by atoms with Crippen molar-refractivity contribution in [2.45, 2.75) is 25.2 Å². The molecule has 6 nitrogen and oxygen atoms in total. The largest absolute Gasteiger partial charge is 0.337 e. The lowest BCUT2D eigenvalue weighted by Gasteiger charge is -2.21. The second-order valence-electron chi connectivity index (χ2n) is 5.51. The average Bonchev–Trinajstić information content (AvgIpc) is 2.84. The summed E-state index contributed by atoms with van der Waals surface area (Å²) in [5.74, 6) is -0.106. The van der Waals surface area contributed by atoms with Crippen LogP contribution >= 0.6 is 0 Å². The standard InChI is InChI=1S/C16H25N3O3S/c1-3-19(4-2)23(21,22)15-8-5-7-14(13-15)16(20)18-11-6-9-17-10-12-18/h5,7-8,13,17H,3-4,6,9-12H2,1-2H3. The van der Waals surface area contributed by atoms with Gasteiger partial charge in [0, 0.05) is 38.3 Å². The van der Waals surface area contributed by atoms with Crippen molar-refractivity contribution in [3.8, 4) is 0 Å². The molecule has 0 saturated carbocycles. The van der Waals surface area contributed by atoms with Crippen LogP contribution in [0.1, 0.15) is 30.6 Å². The lowest BCUT2D eigenvalue weighted by molar-refractivity contribution is 0.0766. The Morgan fingerprint density at radius 1 is 1.22 bits per heavy atom. The van der Waals surface area contributed by atoms with E-state index in [-0.39, 0.29) is 10.8 Å². The van der Waals surface area contributed by atoms with E-state index in [1.807, 2.05) is 0 Å². The molecule has 1 aromatic rings. The number of carbonyl (C=O) groups excluding carboxylic acids is 1. The molecular formula is C16H25N3O3S. The van der Waals surface area contributed by atoms with Gasteiger partial charge in [-0.1, -0.05) is 19.9 Å². The molecule has 1 saturated heterocycles. The highest BCUT2D eigenvalue weighted by Crippen LogP contribution is 2.18. The molecule has 7 heteroatoms. The first-order valence-corrected chi connectivity index (χ1v) is 9.55. The lowest BCUT2D eigenvalue weighted by Crippen LogP contribution is -2.34. The molecule has 1 amide bonds. The van der Waals surface area contributed by atoms with Gasteiger partial charge in [-0.05, 0) is 31.2 Å². The summed E-state index contributed by atoms with van der Waals surface area (Å²) in [5.41, 5.74) is 0.431. The third-order valence-electron chi connectivity index (χ3n) is 4.05. The predicted octanol–water partition coefficient (Wildman–Crippen LogP) is 1.15. The molecule has 0 spiro atoms. The SMILES string of the molecule is CCN(CC)S(=O)(=O)c1cccc(C(=O)N2CCCNCC2)c1. The minimum absolute atomic E-state index is 0.106. The highest BCUT2D eigenvalue weighted by atomic mass is 32.2. The van der Waals surface area contributed by atoms with Gasteiger partial charge in [-0.2, -0.15) is 4.31 Å². The molecule has 1 N–H and O–H groups in total. The summed E-state index contributed by atoms with van der Waals surface area (Å²) in [4.78, 5) is 14.6. The number of carbonyl (C=O) groups is 1. The van der Waals surface area contributed by atoms with Gasteiger partial charge < -0.3 is 10.2 Å². The van der Waals surface area contributed by atoms with Crippen molar-refractivity contribution in [2.75, 3.05) is 39.3 Å². The van der Waals surface area contributed by atoms with Crippen molar-refractivity contribution in [1.82, 2.24) is 14.5 Å². The van der Waals surface area contributed by atoms with Crippen molar-refractivity contribution in [3.05, 3.63) is 29.8 Å². The van der Waals surface area contributed by atoms with Gasteiger partial charge in [-0.25, -0.2) is 8.42 Å². The van der Waals surface area contributed by atoms with Gasteiger partial charge in [0.15, 0.2) is 0 Å². The minimum atomic E-state index is -3.54. The molecule has 0 aliphatic carbocycles. The van der Waals surface area contributed by atoms with Crippen molar-refractivity contribution >= 4 is 15.9 Å². The molecule has 0 radical (unpaired) electrons. The maximum absolute atomic E-state index is 12.6. The molecule has 1 heterocycles. The van der Waals surface area contributed by atoms with E-state index in [0.717, 1.165) is 19.5 Å². The Morgan fingerprint density at radius 2 is 1.96 bits per heavy atom. The monoisotopic (exact) mass is 339 g/mol. The number of benzene rings is 1. The summed E-state index contributed by atoms with van der Waals surface area (Å²) in [7, 11) is -3.54. The fraction of sp³-hybridized carbons (Fsp3) is 0.562. The Labute approximate surface area is 138 Å². The van der Waals surface area contributed by atoms with Crippen LogP contribution in [-0.2, 0) is 10.0 Å². The van der Waals surface area contributed by atoms with Crippen LogP contribution in [0.5, 0.6) is 0 Å². The highest BCUT2D eigenvalue weighted by molar-refractivity contribution is 7.89. The van der Waals surface area contributed by atoms with E-state index in [1.165, 1.54) is 10.4 Å². The first-order chi connectivity index (χ1) is 11.0. The molecule has 128 valence electrons. The molecule has 0 unspecified atom stereocenters. The number of nitrogens with zero attached hydrogens (tertiary/aromatic N) is 2. The van der Waals surface area contributed by atoms with Crippen LogP contribution in [0.15, 0.2) is 29.2 Å². The normalized spacial score (nSPS) is 16.4. The number of hydrogen-bond acceptors (Lipinski definition) is 4. The van der Waals surface area contributed by atoms with Gasteiger partial charge in [0.05, 0.1) is 4.90 Å². The van der Waals surface area contributed by atoms with Gasteiger partial charge >= 0.3 is 0 Å². The number of amides is 1. The summed E-state index contributed by atoms with van der Waals surface area (Å²) in [6, 6.07) is 6.37. The summed E-state index contributed by atoms with van der Waals surface area (Å²) < 4.78 is 26.6. The molecule has 1 aliphatic heterocycles. The maximum Gasteiger partial charge on any atom is 0.253 e. The Morgan fingerprint density at radius 3 is 2.65 bits per heavy atom. The lowest BCUT2D eigenvalue weighted by atomic mass is 10.2. The van der Waals surface area contributed by atoms with E-state index in [2.05, 4.69) is 5.32 Å². The molecule has 0 atom stereocenters. The van der Waals surface area contributed by atoms with E-state index in [1.54, 1.807) is 36.9 Å². The van der Waals surface area contributed by atoms with E-state index in [0.29, 0.717) is 31.7 Å². The zero-order chi connectivity index (χ0) is 16.9. The summed E-state index contributed by atoms with van der Waals surface area (Å²) >= 11 is 0. The van der Waals surface area contributed by atoms with Crippen LogP contribution in [0.25, 0.3) is 0 Å². The van der Waals surface area contributed by atoms with Gasteiger partial charge in [-0.3, -0.25) is 4.79 Å². The molecule has 0 aromatic heterocycles. The van der Waals surface area contributed by atoms with Crippen molar-refractivity contribution in [1.29, 1.82) is 0 Å². The first kappa shape index (κ1) is 17.9. The van der Waals surface area contributed by atoms with E-state index < -0.39 is 10.0 Å². The Bertz CT molecular complexity index is 634. The van der Waals surface area contributed by atoms with Gasteiger partial charge in [-0.15, -0.1) is 0 Å². The van der Waals surface area contributed by atoms with Crippen LogP contribution in [0, 0.1) is 0 Å². The van der Waals surface area contributed by atoms with Crippen LogP contribution in [-0.4, -0.2) is 62.8 Å². The van der Waals surface area contributed by atoms with Gasteiger partial charge in [0.2, 0.25) is 10.0 Å². The third kappa shape index (κ3) is 4.10. The molecule has 1 aromatic carbocycles. The summed E-state index contributed by atoms with van der Waals surface area (Å²) in [5, 5.41) is 3.25. The van der Waals surface area contributed by atoms with Crippen LogP contribution in [0.4, 0.5) is 0 Å². The molecule has 2 rings (SSSR count). The van der Waals surface area contributed by atoms with E-state index in [9.17, 15) is 13.2 Å². The number of hydrogen-bond donors (Lipinski definition) is 1. The predicted molar refractivity (Wildman–Crippen MR) is 89.9 cm³/mol. The maximum atomic E-state index is 12.6. The molecule has 0 bridgehead atoms. The van der Waals surface area contributed by atoms with Crippen molar-refractivity contribution in [2.24, 2.45) is 0 Å². The quantitative estimate of drug-likeness (QED) is 0.874. The van der Waals surface area contributed by atoms with Crippen LogP contribution in [0.3, 0.4) is 0 Å². The number of sulfonamides is 1. The second-order valence-corrected chi connectivity index (χ2v) is 7.45. The zero-order valence-electron chi connectivity index (χ0n) is 13.8. The number of nitrogens with one attached hydrogen (secondary N) is 1. The third-order valence-corrected chi connectivity index (χ3v) is 6.10. The van der Waals surface area contributed by atoms with E-state index >= 15 is 0 Å². The summed E-state index contributed by atoms with van der Waals surface area (Å²) in [6.07, 6.45) is 0.906. The van der Waals surface area contributed by atoms with E-state index in [4.69, 9.17) is 0 Å².